The summed E-state index contributed by atoms with van der Waals surface area (Å²) in [6.07, 6.45) is 2.68. The van der Waals surface area contributed by atoms with Crippen LogP contribution < -0.4 is 24.6 Å². The maximum Gasteiger partial charge on any atom is 0.229 e. The average molecular weight is 459 g/mol. The summed E-state index contributed by atoms with van der Waals surface area (Å²) in [5.74, 6) is 2.79. The molecule has 0 aliphatic carbocycles. The van der Waals surface area contributed by atoms with Crippen LogP contribution in [0.15, 0.2) is 48.7 Å². The van der Waals surface area contributed by atoms with Gasteiger partial charge in [0.2, 0.25) is 11.7 Å². The molecule has 0 amide bonds. The Labute approximate surface area is 193 Å². The third-order valence-electron chi connectivity index (χ3n) is 5.16. The van der Waals surface area contributed by atoms with Crippen molar-refractivity contribution < 1.29 is 19.0 Å². The zero-order valence-corrected chi connectivity index (χ0v) is 19.3. The van der Waals surface area contributed by atoms with Gasteiger partial charge in [0.05, 0.1) is 34.0 Å². The first-order valence-corrected chi connectivity index (χ1v) is 10.0. The van der Waals surface area contributed by atoms with Gasteiger partial charge in [0.25, 0.3) is 0 Å². The van der Waals surface area contributed by atoms with E-state index < -0.39 is 0 Å². The molecule has 1 atom stereocenters. The lowest BCUT2D eigenvalue weighted by Gasteiger charge is -2.25. The molecular weight excluding hydrogens is 432 g/mol. The lowest BCUT2D eigenvalue weighted by molar-refractivity contribution is 0.156. The minimum absolute atomic E-state index is 0. The molecule has 0 spiro atoms. The Balaban J connectivity index is 0.00000289. The molecule has 2 heterocycles. The third-order valence-corrected chi connectivity index (χ3v) is 5.16. The topological polar surface area (TPSA) is 78.0 Å². The normalized spacial score (nSPS) is 15.1. The highest BCUT2D eigenvalue weighted by Crippen LogP contribution is 2.41. The van der Waals surface area contributed by atoms with E-state index in [0.717, 1.165) is 17.8 Å². The van der Waals surface area contributed by atoms with Gasteiger partial charge in [-0.3, -0.25) is 4.84 Å². The van der Waals surface area contributed by atoms with Gasteiger partial charge in [-0.25, -0.2) is 10.0 Å². The number of aryl methyl sites for hydroxylation is 1. The highest BCUT2D eigenvalue weighted by atomic mass is 35.5. The molecule has 1 fully saturated rings. The van der Waals surface area contributed by atoms with Gasteiger partial charge in [-0.15, -0.1) is 12.4 Å². The van der Waals surface area contributed by atoms with Crippen LogP contribution >= 0.6 is 12.4 Å². The molecule has 1 N–H and O–H groups in total. The Hall–Kier alpha value is -3.23. The Morgan fingerprint density at radius 2 is 1.72 bits per heavy atom. The smallest absolute Gasteiger partial charge is 0.229 e. The zero-order chi connectivity index (χ0) is 21.8. The van der Waals surface area contributed by atoms with Crippen LogP contribution in [0.1, 0.15) is 23.6 Å². The van der Waals surface area contributed by atoms with E-state index in [1.165, 1.54) is 5.56 Å². The highest BCUT2D eigenvalue weighted by molar-refractivity contribution is 5.85. The number of anilines is 3. The molecule has 0 radical (unpaired) electrons. The zero-order valence-electron chi connectivity index (χ0n) is 18.5. The third kappa shape index (κ3) is 4.66. The Morgan fingerprint density at radius 3 is 2.34 bits per heavy atom. The van der Waals surface area contributed by atoms with Crippen LogP contribution in [-0.2, 0) is 4.84 Å². The van der Waals surface area contributed by atoms with Crippen LogP contribution in [-0.4, -0.2) is 37.9 Å². The van der Waals surface area contributed by atoms with Crippen molar-refractivity contribution in [3.05, 3.63) is 59.8 Å². The van der Waals surface area contributed by atoms with Crippen molar-refractivity contribution in [3.8, 4) is 17.2 Å². The van der Waals surface area contributed by atoms with Gasteiger partial charge in [-0.1, -0.05) is 30.3 Å². The molecule has 1 saturated heterocycles. The molecule has 32 heavy (non-hydrogen) atoms. The fourth-order valence-electron chi connectivity index (χ4n) is 3.65. The van der Waals surface area contributed by atoms with Crippen LogP contribution in [0, 0.1) is 6.92 Å². The van der Waals surface area contributed by atoms with E-state index in [1.807, 2.05) is 42.3 Å². The monoisotopic (exact) mass is 458 g/mol. The number of hydrogen-bond donors (Lipinski definition) is 1. The summed E-state index contributed by atoms with van der Waals surface area (Å²) in [5.41, 5.74) is 2.83. The number of methoxy groups -OCH3 is 3. The molecule has 1 unspecified atom stereocenters. The first kappa shape index (κ1) is 23.4. The van der Waals surface area contributed by atoms with Crippen LogP contribution in [0.5, 0.6) is 17.2 Å². The molecule has 1 aliphatic heterocycles. The second-order valence-electron chi connectivity index (χ2n) is 7.11. The standard InChI is InChI=1S/C23H26N4O4.ClH/c1-15-14-24-23(25-17-12-19(28-2)21(30-4)20(13-17)29-3)26-22(15)27-18(10-11-31-27)16-8-6-5-7-9-16;/h5-9,12-14,18H,10-11H2,1-4H3,(H,24,25,26);1H. The SMILES string of the molecule is COc1cc(Nc2ncc(C)c(N3OCCC3c3ccccc3)n2)cc(OC)c1OC.Cl. The van der Waals surface area contributed by atoms with Crippen LogP contribution in [0.4, 0.5) is 17.5 Å². The van der Waals surface area contributed by atoms with Crippen molar-refractivity contribution in [1.82, 2.24) is 9.97 Å². The lowest BCUT2D eigenvalue weighted by Crippen LogP contribution is -2.23. The molecule has 0 bridgehead atoms. The Bertz CT molecular complexity index is 1030. The van der Waals surface area contributed by atoms with Crippen LogP contribution in [0.3, 0.4) is 0 Å². The van der Waals surface area contributed by atoms with Crippen molar-refractivity contribution >= 4 is 29.9 Å². The average Bonchev–Trinajstić information content (AvgIpc) is 3.30. The highest BCUT2D eigenvalue weighted by Gasteiger charge is 2.30. The van der Waals surface area contributed by atoms with E-state index in [-0.39, 0.29) is 18.4 Å². The second-order valence-corrected chi connectivity index (χ2v) is 7.11. The van der Waals surface area contributed by atoms with E-state index >= 15 is 0 Å². The number of nitrogens with one attached hydrogen (secondary N) is 1. The molecule has 2 aromatic carbocycles. The minimum atomic E-state index is 0. The summed E-state index contributed by atoms with van der Waals surface area (Å²) in [5, 5.41) is 5.11. The molecular formula is C23H27ClN4O4. The van der Waals surface area contributed by atoms with Crippen molar-refractivity contribution in [2.24, 2.45) is 0 Å². The van der Waals surface area contributed by atoms with E-state index in [0.29, 0.717) is 35.5 Å². The molecule has 0 saturated carbocycles. The predicted octanol–water partition coefficient (Wildman–Crippen LogP) is 4.86. The second kappa shape index (κ2) is 10.4. The van der Waals surface area contributed by atoms with Gasteiger partial charge in [0.1, 0.15) is 0 Å². The van der Waals surface area contributed by atoms with Gasteiger partial charge < -0.3 is 19.5 Å². The van der Waals surface area contributed by atoms with Crippen LogP contribution in [0.2, 0.25) is 0 Å². The molecule has 3 aromatic rings. The number of benzene rings is 2. The van der Waals surface area contributed by atoms with Gasteiger partial charge in [0.15, 0.2) is 17.3 Å². The Morgan fingerprint density at radius 1 is 1.03 bits per heavy atom. The number of hydroxylamine groups is 1. The summed E-state index contributed by atoms with van der Waals surface area (Å²) in [6.45, 7) is 2.61. The summed E-state index contributed by atoms with van der Waals surface area (Å²) in [7, 11) is 4.73. The predicted molar refractivity (Wildman–Crippen MR) is 126 cm³/mol. The van der Waals surface area contributed by atoms with E-state index in [2.05, 4.69) is 22.4 Å². The number of aromatic nitrogens is 2. The van der Waals surface area contributed by atoms with Crippen molar-refractivity contribution in [1.29, 1.82) is 0 Å². The number of hydrogen-bond acceptors (Lipinski definition) is 8. The summed E-state index contributed by atoms with van der Waals surface area (Å²) in [6, 6.07) is 14.0. The first-order valence-electron chi connectivity index (χ1n) is 10.0. The molecule has 1 aliphatic rings. The molecule has 1 aromatic heterocycles. The van der Waals surface area contributed by atoms with Crippen molar-refractivity contribution in [3.63, 3.8) is 0 Å². The number of nitrogens with zero attached hydrogens (tertiary/aromatic N) is 3. The largest absolute Gasteiger partial charge is 0.493 e. The van der Waals surface area contributed by atoms with Crippen molar-refractivity contribution in [2.75, 3.05) is 38.3 Å². The maximum atomic E-state index is 5.95. The summed E-state index contributed by atoms with van der Waals surface area (Å²) < 4.78 is 16.2. The molecule has 4 rings (SSSR count). The van der Waals surface area contributed by atoms with E-state index in [1.54, 1.807) is 27.5 Å². The minimum Gasteiger partial charge on any atom is -0.493 e. The number of halogens is 1. The maximum absolute atomic E-state index is 5.95. The van der Waals surface area contributed by atoms with Gasteiger partial charge in [-0.2, -0.15) is 4.98 Å². The van der Waals surface area contributed by atoms with Crippen molar-refractivity contribution in [2.45, 2.75) is 19.4 Å². The fourth-order valence-corrected chi connectivity index (χ4v) is 3.65. The number of rotatable bonds is 7. The molecule has 170 valence electrons. The molecule has 9 heteroatoms. The van der Waals surface area contributed by atoms with E-state index in [9.17, 15) is 0 Å². The van der Waals surface area contributed by atoms with Crippen LogP contribution in [0.25, 0.3) is 0 Å². The van der Waals surface area contributed by atoms with Gasteiger partial charge in [-0.05, 0) is 12.5 Å². The lowest BCUT2D eigenvalue weighted by atomic mass is 10.0. The summed E-state index contributed by atoms with van der Waals surface area (Å²) >= 11 is 0. The Kier molecular flexibility index (Phi) is 7.61. The molecule has 8 nitrogen and oxygen atoms in total. The van der Waals surface area contributed by atoms with E-state index in [4.69, 9.17) is 24.0 Å². The summed E-state index contributed by atoms with van der Waals surface area (Å²) in [4.78, 5) is 15.1. The number of ether oxygens (including phenoxy) is 3. The first-order chi connectivity index (χ1) is 15.1. The quantitative estimate of drug-likeness (QED) is 0.537. The van der Waals surface area contributed by atoms with Gasteiger partial charge >= 0.3 is 0 Å². The van der Waals surface area contributed by atoms with Gasteiger partial charge in [0, 0.05) is 36.0 Å². The fraction of sp³-hybridized carbons (Fsp3) is 0.304.